The number of rotatable bonds is 3. The molecule has 7 heteroatoms. The number of nitrogens with zero attached hydrogens (tertiary/aromatic N) is 3. The maximum atomic E-state index is 13.5. The van der Waals surface area contributed by atoms with E-state index in [1.54, 1.807) is 23.1 Å². The van der Waals surface area contributed by atoms with E-state index in [2.05, 4.69) is 9.97 Å². The molecule has 0 aliphatic carbocycles. The lowest BCUT2D eigenvalue weighted by Crippen LogP contribution is -2.31. The zero-order chi connectivity index (χ0) is 21.5. The Hall–Kier alpha value is -3.61. The zero-order valence-corrected chi connectivity index (χ0v) is 16.9. The van der Waals surface area contributed by atoms with E-state index in [0.29, 0.717) is 17.6 Å². The number of aromatic nitrogens is 3. The zero-order valence-electron chi connectivity index (χ0n) is 16.9. The van der Waals surface area contributed by atoms with Crippen molar-refractivity contribution in [1.29, 1.82) is 0 Å². The number of hydrogen-bond acceptors (Lipinski definition) is 3. The molecule has 1 fully saturated rings. The molecular formula is C24H20F2N4O. The quantitative estimate of drug-likeness (QED) is 0.498. The van der Waals surface area contributed by atoms with Crippen LogP contribution in [0.5, 0.6) is 0 Å². The van der Waals surface area contributed by atoms with Gasteiger partial charge in [0.25, 0.3) is 5.91 Å². The van der Waals surface area contributed by atoms with Crippen LogP contribution in [0.4, 0.5) is 8.78 Å². The number of amides is 1. The number of benzene rings is 2. The smallest absolute Gasteiger partial charge is 0.290 e. The molecule has 1 unspecified atom stereocenters. The fourth-order valence-corrected chi connectivity index (χ4v) is 4.21. The second-order valence-electron chi connectivity index (χ2n) is 7.83. The fraction of sp³-hybridized carbons (Fsp3) is 0.208. The average Bonchev–Trinajstić information content (AvgIpc) is 3.40. The molecule has 156 valence electrons. The minimum Gasteiger partial charge on any atom is -0.334 e. The molecule has 1 amide bonds. The summed E-state index contributed by atoms with van der Waals surface area (Å²) in [5.41, 5.74) is 4.49. The fourth-order valence-electron chi connectivity index (χ4n) is 4.21. The van der Waals surface area contributed by atoms with Gasteiger partial charge in [0.15, 0.2) is 5.82 Å². The molecule has 2 aromatic carbocycles. The third-order valence-corrected chi connectivity index (χ3v) is 5.65. The third kappa shape index (κ3) is 3.67. The molecule has 31 heavy (non-hydrogen) atoms. The van der Waals surface area contributed by atoms with Gasteiger partial charge in [-0.3, -0.25) is 9.78 Å². The molecule has 1 saturated heterocycles. The highest BCUT2D eigenvalue weighted by atomic mass is 19.1. The highest BCUT2D eigenvalue weighted by Gasteiger charge is 2.33. The minimum atomic E-state index is -0.383. The molecule has 3 heterocycles. The highest BCUT2D eigenvalue weighted by Crippen LogP contribution is 2.34. The summed E-state index contributed by atoms with van der Waals surface area (Å²) in [5, 5.41) is 0. The van der Waals surface area contributed by atoms with Gasteiger partial charge in [0, 0.05) is 12.2 Å². The van der Waals surface area contributed by atoms with E-state index in [1.165, 1.54) is 24.3 Å². The number of halogens is 2. The molecule has 1 aliphatic rings. The molecular weight excluding hydrogens is 398 g/mol. The van der Waals surface area contributed by atoms with Crippen LogP contribution in [0.1, 0.15) is 40.9 Å². The van der Waals surface area contributed by atoms with Crippen LogP contribution in [0.15, 0.2) is 54.6 Å². The molecule has 1 atom stereocenters. The summed E-state index contributed by atoms with van der Waals surface area (Å²) in [6.45, 7) is 2.50. The minimum absolute atomic E-state index is 0.184. The normalized spacial score (nSPS) is 16.2. The lowest BCUT2D eigenvalue weighted by molar-refractivity contribution is 0.0722. The first kappa shape index (κ1) is 19.4. The number of fused-ring (bicyclic) bond motifs is 1. The van der Waals surface area contributed by atoms with Gasteiger partial charge in [0.05, 0.1) is 22.8 Å². The van der Waals surface area contributed by atoms with Crippen molar-refractivity contribution >= 4 is 16.9 Å². The Kier molecular flexibility index (Phi) is 4.73. The van der Waals surface area contributed by atoms with Crippen LogP contribution in [-0.4, -0.2) is 32.3 Å². The van der Waals surface area contributed by atoms with Crippen LogP contribution in [0.2, 0.25) is 0 Å². The number of likely N-dealkylation sites (tertiary alicyclic amines) is 1. The van der Waals surface area contributed by atoms with Crippen LogP contribution in [0.3, 0.4) is 0 Å². The van der Waals surface area contributed by atoms with E-state index < -0.39 is 0 Å². The maximum absolute atomic E-state index is 13.5. The average molecular weight is 418 g/mol. The number of aryl methyl sites for hydroxylation is 1. The van der Waals surface area contributed by atoms with Crippen molar-refractivity contribution in [1.82, 2.24) is 19.9 Å². The van der Waals surface area contributed by atoms with Crippen LogP contribution in [0, 0.1) is 18.6 Å². The first-order valence-corrected chi connectivity index (χ1v) is 10.2. The van der Waals surface area contributed by atoms with E-state index in [-0.39, 0.29) is 29.4 Å². The predicted octanol–water partition coefficient (Wildman–Crippen LogP) is 5.19. The predicted molar refractivity (Wildman–Crippen MR) is 113 cm³/mol. The van der Waals surface area contributed by atoms with Crippen LogP contribution < -0.4 is 0 Å². The second-order valence-corrected chi connectivity index (χ2v) is 7.83. The standard InChI is InChI=1S/C24H20F2N4O/c1-14-11-16(15-4-6-17(25)7-5-15)12-21(27-14)22-3-2-10-30(22)24(31)23-28-19-9-8-18(26)13-20(19)29-23/h4-9,11-13,22H,2-3,10H2,1H3,(H,28,29). The van der Waals surface area contributed by atoms with Crippen LogP contribution in [-0.2, 0) is 0 Å². The van der Waals surface area contributed by atoms with Gasteiger partial charge in [-0.05, 0) is 73.4 Å². The summed E-state index contributed by atoms with van der Waals surface area (Å²) in [4.78, 5) is 27.0. The Labute approximate surface area is 177 Å². The summed E-state index contributed by atoms with van der Waals surface area (Å²) < 4.78 is 26.8. The van der Waals surface area contributed by atoms with E-state index in [0.717, 1.165) is 35.4 Å². The van der Waals surface area contributed by atoms with E-state index in [9.17, 15) is 13.6 Å². The van der Waals surface area contributed by atoms with Gasteiger partial charge in [-0.1, -0.05) is 12.1 Å². The topological polar surface area (TPSA) is 61.9 Å². The Morgan fingerprint density at radius 3 is 2.58 bits per heavy atom. The third-order valence-electron chi connectivity index (χ3n) is 5.65. The number of pyridine rings is 1. The van der Waals surface area contributed by atoms with E-state index in [4.69, 9.17) is 4.98 Å². The van der Waals surface area contributed by atoms with Crippen molar-refractivity contribution in [2.75, 3.05) is 6.54 Å². The maximum Gasteiger partial charge on any atom is 0.290 e. The van der Waals surface area contributed by atoms with E-state index >= 15 is 0 Å². The molecule has 5 nitrogen and oxygen atoms in total. The van der Waals surface area contributed by atoms with Gasteiger partial charge in [0.1, 0.15) is 11.6 Å². The number of carbonyl (C=O) groups is 1. The largest absolute Gasteiger partial charge is 0.334 e. The number of H-pyrrole nitrogens is 1. The van der Waals surface area contributed by atoms with Gasteiger partial charge in [-0.2, -0.15) is 0 Å². The van der Waals surface area contributed by atoms with Crippen LogP contribution >= 0.6 is 0 Å². The molecule has 0 saturated carbocycles. The molecule has 1 aliphatic heterocycles. The van der Waals surface area contributed by atoms with E-state index in [1.807, 2.05) is 19.1 Å². The van der Waals surface area contributed by atoms with Crippen LogP contribution in [0.25, 0.3) is 22.2 Å². The first-order valence-electron chi connectivity index (χ1n) is 10.2. The molecule has 5 rings (SSSR count). The van der Waals surface area contributed by atoms with Gasteiger partial charge in [-0.15, -0.1) is 0 Å². The molecule has 0 radical (unpaired) electrons. The van der Waals surface area contributed by atoms with Crippen molar-refractivity contribution in [3.63, 3.8) is 0 Å². The molecule has 1 N–H and O–H groups in total. The molecule has 0 spiro atoms. The Bertz CT molecular complexity index is 1280. The summed E-state index contributed by atoms with van der Waals surface area (Å²) >= 11 is 0. The van der Waals surface area contributed by atoms with Crippen molar-refractivity contribution < 1.29 is 13.6 Å². The number of carbonyl (C=O) groups excluding carboxylic acids is 1. The van der Waals surface area contributed by atoms with Crippen molar-refractivity contribution in [3.8, 4) is 11.1 Å². The number of nitrogens with one attached hydrogen (secondary N) is 1. The number of aromatic amines is 1. The van der Waals surface area contributed by atoms with Gasteiger partial charge >= 0.3 is 0 Å². The van der Waals surface area contributed by atoms with Crippen molar-refractivity contribution in [2.24, 2.45) is 0 Å². The first-order chi connectivity index (χ1) is 15.0. The Balaban J connectivity index is 1.48. The van der Waals surface area contributed by atoms with Crippen molar-refractivity contribution in [3.05, 3.63) is 83.4 Å². The molecule has 0 bridgehead atoms. The molecule has 2 aromatic heterocycles. The number of imidazole rings is 1. The SMILES string of the molecule is Cc1cc(-c2ccc(F)cc2)cc(C2CCCN2C(=O)c2nc3ccc(F)cc3[nH]2)n1. The lowest BCUT2D eigenvalue weighted by Gasteiger charge is -2.24. The highest BCUT2D eigenvalue weighted by molar-refractivity contribution is 5.94. The molecule has 4 aromatic rings. The monoisotopic (exact) mass is 418 g/mol. The summed E-state index contributed by atoms with van der Waals surface area (Å²) in [7, 11) is 0. The van der Waals surface area contributed by atoms with Crippen molar-refractivity contribution in [2.45, 2.75) is 25.8 Å². The Morgan fingerprint density at radius 1 is 1.00 bits per heavy atom. The summed E-state index contributed by atoms with van der Waals surface area (Å²) in [6.07, 6.45) is 1.65. The van der Waals surface area contributed by atoms with Gasteiger partial charge < -0.3 is 9.88 Å². The van der Waals surface area contributed by atoms with Gasteiger partial charge in [-0.25, -0.2) is 13.8 Å². The number of hydrogen-bond donors (Lipinski definition) is 1. The second kappa shape index (κ2) is 7.58. The summed E-state index contributed by atoms with van der Waals surface area (Å²) in [5.74, 6) is -0.704. The lowest BCUT2D eigenvalue weighted by atomic mass is 10.0. The van der Waals surface area contributed by atoms with Gasteiger partial charge in [0.2, 0.25) is 0 Å². The Morgan fingerprint density at radius 2 is 1.77 bits per heavy atom. The summed E-state index contributed by atoms with van der Waals surface area (Å²) in [6, 6.07) is 14.3.